The fraction of sp³-hybridized carbons (Fsp3) is 0.538. The highest BCUT2D eigenvalue weighted by atomic mass is 32.2. The average molecular weight is 320 g/mol. The summed E-state index contributed by atoms with van der Waals surface area (Å²) in [6.07, 6.45) is -0.481. The van der Waals surface area contributed by atoms with E-state index < -0.39 is 27.8 Å². The van der Waals surface area contributed by atoms with Gasteiger partial charge in [0.2, 0.25) is 10.0 Å². The van der Waals surface area contributed by atoms with Crippen molar-refractivity contribution in [3.8, 4) is 0 Å². The van der Waals surface area contributed by atoms with Crippen LogP contribution in [-0.4, -0.2) is 61.6 Å². The fourth-order valence-electron chi connectivity index (χ4n) is 2.35. The molecule has 0 aromatic heterocycles. The molecule has 1 N–H and O–H groups in total. The van der Waals surface area contributed by atoms with Gasteiger partial charge in [-0.3, -0.25) is 4.90 Å². The van der Waals surface area contributed by atoms with Crippen LogP contribution in [0.15, 0.2) is 23.1 Å². The maximum atomic E-state index is 13.2. The van der Waals surface area contributed by atoms with Crippen LogP contribution in [0.3, 0.4) is 0 Å². The molecule has 1 aliphatic rings. The molecule has 0 saturated carbocycles. The van der Waals surface area contributed by atoms with E-state index in [1.54, 1.807) is 6.92 Å². The van der Waals surface area contributed by atoms with Crippen molar-refractivity contribution in [2.24, 2.45) is 0 Å². The second kappa shape index (κ2) is 6.35. The van der Waals surface area contributed by atoms with E-state index in [4.69, 9.17) is 0 Å². The van der Waals surface area contributed by atoms with Crippen molar-refractivity contribution in [3.05, 3.63) is 29.8 Å². The normalized spacial score (nSPS) is 19.6. The zero-order valence-corrected chi connectivity index (χ0v) is 12.5. The standard InChI is InChI=1S/C13H18F2N2O3S/c1-10(18)9-16-2-4-17(5-3-16)21(19,20)13-7-11(14)6-12(15)8-13/h6-8,10,18H,2-5,9H2,1H3/t10-/m0/s1. The average Bonchev–Trinajstić information content (AvgIpc) is 2.37. The lowest BCUT2D eigenvalue weighted by molar-refractivity contribution is 0.103. The van der Waals surface area contributed by atoms with Gasteiger partial charge in [0.15, 0.2) is 0 Å². The van der Waals surface area contributed by atoms with Crippen molar-refractivity contribution in [1.82, 2.24) is 9.21 Å². The van der Waals surface area contributed by atoms with Crippen LogP contribution >= 0.6 is 0 Å². The number of halogens is 2. The molecule has 0 bridgehead atoms. The second-order valence-corrected chi connectivity index (χ2v) is 7.10. The van der Waals surface area contributed by atoms with Crippen LogP contribution in [-0.2, 0) is 10.0 Å². The predicted octanol–water partition coefficient (Wildman–Crippen LogP) is 0.652. The molecule has 0 unspecified atom stereocenters. The highest BCUT2D eigenvalue weighted by molar-refractivity contribution is 7.89. The number of sulfonamides is 1. The number of hydrogen-bond acceptors (Lipinski definition) is 4. The molecule has 0 aliphatic carbocycles. The molecule has 1 saturated heterocycles. The van der Waals surface area contributed by atoms with Gasteiger partial charge >= 0.3 is 0 Å². The minimum Gasteiger partial charge on any atom is -0.392 e. The zero-order chi connectivity index (χ0) is 15.6. The van der Waals surface area contributed by atoms with Gasteiger partial charge in [-0.25, -0.2) is 17.2 Å². The smallest absolute Gasteiger partial charge is 0.243 e. The van der Waals surface area contributed by atoms with E-state index in [-0.39, 0.29) is 18.0 Å². The van der Waals surface area contributed by atoms with E-state index in [0.29, 0.717) is 25.7 Å². The Balaban J connectivity index is 2.11. The highest BCUT2D eigenvalue weighted by Gasteiger charge is 2.29. The summed E-state index contributed by atoms with van der Waals surface area (Å²) < 4.78 is 52.2. The summed E-state index contributed by atoms with van der Waals surface area (Å²) in [5.41, 5.74) is 0. The fourth-order valence-corrected chi connectivity index (χ4v) is 3.82. The third-order valence-electron chi connectivity index (χ3n) is 3.33. The lowest BCUT2D eigenvalue weighted by atomic mass is 10.3. The molecule has 2 rings (SSSR count). The monoisotopic (exact) mass is 320 g/mol. The molecule has 118 valence electrons. The molecular formula is C13H18F2N2O3S. The molecule has 0 spiro atoms. The maximum absolute atomic E-state index is 13.2. The summed E-state index contributed by atoms with van der Waals surface area (Å²) in [6, 6.07) is 2.28. The zero-order valence-electron chi connectivity index (χ0n) is 11.7. The molecular weight excluding hydrogens is 302 g/mol. The number of β-amino-alcohol motifs (C(OH)–C–C–N with tert-alkyl or cyclic N) is 1. The minimum absolute atomic E-state index is 0.229. The van der Waals surface area contributed by atoms with Gasteiger partial charge in [-0.15, -0.1) is 0 Å². The number of nitrogens with zero attached hydrogens (tertiary/aromatic N) is 2. The van der Waals surface area contributed by atoms with Crippen LogP contribution in [0, 0.1) is 11.6 Å². The first-order valence-corrected chi connectivity index (χ1v) is 8.10. The number of rotatable bonds is 4. The number of hydrogen-bond donors (Lipinski definition) is 1. The highest BCUT2D eigenvalue weighted by Crippen LogP contribution is 2.20. The Morgan fingerprint density at radius 1 is 1.14 bits per heavy atom. The van der Waals surface area contributed by atoms with Crippen LogP contribution in [0.2, 0.25) is 0 Å². The Morgan fingerprint density at radius 2 is 1.67 bits per heavy atom. The number of aliphatic hydroxyl groups excluding tert-OH is 1. The second-order valence-electron chi connectivity index (χ2n) is 5.16. The summed E-state index contributed by atoms with van der Waals surface area (Å²) in [6.45, 7) is 3.55. The summed E-state index contributed by atoms with van der Waals surface area (Å²) in [5.74, 6) is -1.83. The van der Waals surface area contributed by atoms with Crippen LogP contribution in [0.4, 0.5) is 8.78 Å². The predicted molar refractivity (Wildman–Crippen MR) is 73.2 cm³/mol. The Hall–Kier alpha value is -1.09. The molecule has 1 heterocycles. The molecule has 1 aromatic carbocycles. The lowest BCUT2D eigenvalue weighted by Crippen LogP contribution is -2.50. The molecule has 0 radical (unpaired) electrons. The summed E-state index contributed by atoms with van der Waals surface area (Å²) in [4.78, 5) is 1.58. The van der Waals surface area contributed by atoms with Crippen molar-refractivity contribution < 1.29 is 22.3 Å². The quantitative estimate of drug-likeness (QED) is 0.885. The van der Waals surface area contributed by atoms with Crippen molar-refractivity contribution in [3.63, 3.8) is 0 Å². The maximum Gasteiger partial charge on any atom is 0.243 e. The van der Waals surface area contributed by atoms with Gasteiger partial charge in [-0.1, -0.05) is 0 Å². The van der Waals surface area contributed by atoms with Crippen molar-refractivity contribution >= 4 is 10.0 Å². The van der Waals surface area contributed by atoms with Crippen LogP contribution < -0.4 is 0 Å². The topological polar surface area (TPSA) is 60.9 Å². The molecule has 1 aliphatic heterocycles. The van der Waals surface area contributed by atoms with Crippen molar-refractivity contribution in [2.75, 3.05) is 32.7 Å². The van der Waals surface area contributed by atoms with Gasteiger partial charge in [0.1, 0.15) is 11.6 Å². The third-order valence-corrected chi connectivity index (χ3v) is 5.20. The first kappa shape index (κ1) is 16.3. The van der Waals surface area contributed by atoms with E-state index in [1.807, 2.05) is 4.90 Å². The molecule has 5 nitrogen and oxygen atoms in total. The van der Waals surface area contributed by atoms with E-state index >= 15 is 0 Å². The first-order chi connectivity index (χ1) is 9.79. The van der Waals surface area contributed by atoms with Crippen molar-refractivity contribution in [1.29, 1.82) is 0 Å². The summed E-state index contributed by atoms with van der Waals surface area (Å²) in [5, 5.41) is 9.31. The van der Waals surface area contributed by atoms with Gasteiger partial charge in [0.25, 0.3) is 0 Å². The molecule has 21 heavy (non-hydrogen) atoms. The number of benzene rings is 1. The Bertz CT molecular complexity index is 579. The number of piperazine rings is 1. The Morgan fingerprint density at radius 3 is 2.14 bits per heavy atom. The van der Waals surface area contributed by atoms with Gasteiger partial charge in [0, 0.05) is 38.8 Å². The lowest BCUT2D eigenvalue weighted by Gasteiger charge is -2.34. The SMILES string of the molecule is C[C@H](O)CN1CCN(S(=O)(=O)c2cc(F)cc(F)c2)CC1. The number of aliphatic hydroxyl groups is 1. The summed E-state index contributed by atoms with van der Waals surface area (Å²) in [7, 11) is -3.89. The van der Waals surface area contributed by atoms with Gasteiger partial charge in [-0.05, 0) is 19.1 Å². The Labute approximate surface area is 122 Å². The van der Waals surface area contributed by atoms with E-state index in [2.05, 4.69) is 0 Å². The summed E-state index contributed by atoms with van der Waals surface area (Å²) >= 11 is 0. The van der Waals surface area contributed by atoms with Crippen LogP contribution in [0.5, 0.6) is 0 Å². The first-order valence-electron chi connectivity index (χ1n) is 6.65. The minimum atomic E-state index is -3.89. The molecule has 1 atom stereocenters. The van der Waals surface area contributed by atoms with Crippen molar-refractivity contribution in [2.45, 2.75) is 17.9 Å². The van der Waals surface area contributed by atoms with Gasteiger partial charge in [0.05, 0.1) is 11.0 Å². The molecule has 1 aromatic rings. The van der Waals surface area contributed by atoms with E-state index in [9.17, 15) is 22.3 Å². The molecule has 1 fully saturated rings. The largest absolute Gasteiger partial charge is 0.392 e. The van der Waals surface area contributed by atoms with Crippen LogP contribution in [0.25, 0.3) is 0 Å². The Kier molecular flexibility index (Phi) is 4.92. The van der Waals surface area contributed by atoms with E-state index in [0.717, 1.165) is 12.1 Å². The van der Waals surface area contributed by atoms with E-state index in [1.165, 1.54) is 4.31 Å². The van der Waals surface area contributed by atoms with Gasteiger partial charge in [-0.2, -0.15) is 4.31 Å². The third kappa shape index (κ3) is 3.97. The van der Waals surface area contributed by atoms with Crippen LogP contribution in [0.1, 0.15) is 6.92 Å². The molecule has 0 amide bonds. The van der Waals surface area contributed by atoms with Gasteiger partial charge < -0.3 is 5.11 Å². The molecule has 8 heteroatoms.